The average molecular weight is 285 g/mol. The highest BCUT2D eigenvalue weighted by Gasteiger charge is 2.23. The van der Waals surface area contributed by atoms with Gasteiger partial charge in [-0.3, -0.25) is 9.59 Å². The second-order valence-electron chi connectivity index (χ2n) is 5.82. The van der Waals surface area contributed by atoms with Crippen LogP contribution < -0.4 is 5.32 Å². The first-order valence-corrected chi connectivity index (χ1v) is 6.87. The standard InChI is InChI=1S/C17H19NO3/c1-17(2,11-16(20)21)18-15(19)10-13-8-5-7-12-6-3-4-9-14(12)13/h3-9H,10-11H2,1-2H3,(H,18,19)(H,20,21). The maximum atomic E-state index is 12.1. The lowest BCUT2D eigenvalue weighted by Gasteiger charge is -2.24. The van der Waals surface area contributed by atoms with Crippen LogP contribution >= 0.6 is 0 Å². The first-order chi connectivity index (χ1) is 9.87. The SMILES string of the molecule is CC(C)(CC(=O)O)NC(=O)Cc1cccc2ccccc12. The molecule has 0 radical (unpaired) electrons. The number of hydrogen-bond donors (Lipinski definition) is 2. The van der Waals surface area contributed by atoms with Crippen molar-refractivity contribution in [3.05, 3.63) is 48.0 Å². The van der Waals surface area contributed by atoms with E-state index in [9.17, 15) is 9.59 Å². The van der Waals surface area contributed by atoms with Gasteiger partial charge in [0.1, 0.15) is 0 Å². The van der Waals surface area contributed by atoms with Gasteiger partial charge in [0.05, 0.1) is 12.8 Å². The van der Waals surface area contributed by atoms with Crippen LogP contribution in [-0.2, 0) is 16.0 Å². The van der Waals surface area contributed by atoms with Crippen molar-refractivity contribution in [1.29, 1.82) is 0 Å². The Balaban J connectivity index is 2.13. The van der Waals surface area contributed by atoms with Gasteiger partial charge < -0.3 is 10.4 Å². The minimum atomic E-state index is -0.925. The van der Waals surface area contributed by atoms with E-state index in [1.807, 2.05) is 42.5 Å². The molecule has 0 aromatic heterocycles. The number of nitrogens with one attached hydrogen (secondary N) is 1. The van der Waals surface area contributed by atoms with Crippen molar-refractivity contribution in [2.24, 2.45) is 0 Å². The molecule has 0 saturated heterocycles. The minimum absolute atomic E-state index is 0.103. The number of carboxylic acid groups (broad SMARTS) is 1. The Bertz CT molecular complexity index is 671. The molecule has 0 spiro atoms. The second kappa shape index (κ2) is 5.95. The Kier molecular flexibility index (Phi) is 4.26. The average Bonchev–Trinajstić information content (AvgIpc) is 2.36. The van der Waals surface area contributed by atoms with Gasteiger partial charge in [-0.2, -0.15) is 0 Å². The third kappa shape index (κ3) is 4.05. The van der Waals surface area contributed by atoms with Gasteiger partial charge in [0.2, 0.25) is 5.91 Å². The number of aliphatic carboxylic acids is 1. The van der Waals surface area contributed by atoms with Crippen LogP contribution in [0.4, 0.5) is 0 Å². The summed E-state index contributed by atoms with van der Waals surface area (Å²) in [5.74, 6) is -1.09. The van der Waals surface area contributed by atoms with E-state index in [-0.39, 0.29) is 18.7 Å². The molecule has 0 bridgehead atoms. The van der Waals surface area contributed by atoms with Crippen LogP contribution in [0.15, 0.2) is 42.5 Å². The summed E-state index contributed by atoms with van der Waals surface area (Å²) < 4.78 is 0. The lowest BCUT2D eigenvalue weighted by Crippen LogP contribution is -2.45. The van der Waals surface area contributed by atoms with Crippen molar-refractivity contribution < 1.29 is 14.7 Å². The van der Waals surface area contributed by atoms with Crippen molar-refractivity contribution in [1.82, 2.24) is 5.32 Å². The minimum Gasteiger partial charge on any atom is -0.481 e. The van der Waals surface area contributed by atoms with Crippen LogP contribution in [0.3, 0.4) is 0 Å². The number of rotatable bonds is 5. The van der Waals surface area contributed by atoms with Crippen LogP contribution in [0.25, 0.3) is 10.8 Å². The van der Waals surface area contributed by atoms with Crippen molar-refractivity contribution >= 4 is 22.6 Å². The summed E-state index contributed by atoms with van der Waals surface area (Å²) in [5, 5.41) is 13.8. The number of carboxylic acids is 1. The van der Waals surface area contributed by atoms with Gasteiger partial charge in [-0.05, 0) is 30.2 Å². The summed E-state index contributed by atoms with van der Waals surface area (Å²) in [6, 6.07) is 13.7. The molecule has 0 aliphatic carbocycles. The molecule has 0 fully saturated rings. The molecule has 0 aliphatic rings. The molecule has 0 saturated carbocycles. The second-order valence-corrected chi connectivity index (χ2v) is 5.82. The third-order valence-electron chi connectivity index (χ3n) is 3.30. The molecular formula is C17H19NO3. The summed E-state index contributed by atoms with van der Waals surface area (Å²) in [4.78, 5) is 22.9. The zero-order chi connectivity index (χ0) is 15.5. The van der Waals surface area contributed by atoms with Crippen molar-refractivity contribution in [2.45, 2.75) is 32.2 Å². The van der Waals surface area contributed by atoms with Crippen molar-refractivity contribution in [3.8, 4) is 0 Å². The van der Waals surface area contributed by atoms with Crippen molar-refractivity contribution in [2.75, 3.05) is 0 Å². The van der Waals surface area contributed by atoms with E-state index >= 15 is 0 Å². The van der Waals surface area contributed by atoms with Crippen LogP contribution in [0.1, 0.15) is 25.8 Å². The molecule has 0 atom stereocenters. The molecule has 21 heavy (non-hydrogen) atoms. The van der Waals surface area contributed by atoms with Gasteiger partial charge in [-0.25, -0.2) is 0 Å². The highest BCUT2D eigenvalue weighted by molar-refractivity contribution is 5.90. The number of hydrogen-bond acceptors (Lipinski definition) is 2. The highest BCUT2D eigenvalue weighted by Crippen LogP contribution is 2.19. The number of carbonyl (C=O) groups is 2. The summed E-state index contributed by atoms with van der Waals surface area (Å²) in [6.07, 6.45) is 0.138. The largest absolute Gasteiger partial charge is 0.481 e. The fourth-order valence-corrected chi connectivity index (χ4v) is 2.46. The van der Waals surface area contributed by atoms with E-state index in [1.54, 1.807) is 13.8 Å². The molecule has 0 aliphatic heterocycles. The maximum absolute atomic E-state index is 12.1. The monoisotopic (exact) mass is 285 g/mol. The zero-order valence-electron chi connectivity index (χ0n) is 12.2. The Labute approximate surface area is 123 Å². The Morgan fingerprint density at radius 1 is 1.10 bits per heavy atom. The first-order valence-electron chi connectivity index (χ1n) is 6.87. The molecule has 0 unspecified atom stereocenters. The van der Waals surface area contributed by atoms with E-state index in [2.05, 4.69) is 5.32 Å². The molecule has 4 heteroatoms. The number of benzene rings is 2. The molecule has 110 valence electrons. The summed E-state index contributed by atoms with van der Waals surface area (Å²) in [7, 11) is 0. The van der Waals surface area contributed by atoms with Gasteiger partial charge in [-0.15, -0.1) is 0 Å². The lowest BCUT2D eigenvalue weighted by atomic mass is 9.98. The highest BCUT2D eigenvalue weighted by atomic mass is 16.4. The predicted molar refractivity (Wildman–Crippen MR) is 82.1 cm³/mol. The molecule has 2 N–H and O–H groups in total. The van der Waals surface area contributed by atoms with Gasteiger partial charge in [-0.1, -0.05) is 42.5 Å². The summed E-state index contributed by atoms with van der Waals surface area (Å²) >= 11 is 0. The summed E-state index contributed by atoms with van der Waals surface area (Å²) in [6.45, 7) is 3.42. The van der Waals surface area contributed by atoms with Crippen LogP contribution in [0.2, 0.25) is 0 Å². The predicted octanol–water partition coefficient (Wildman–Crippen LogP) is 2.75. The number of fused-ring (bicyclic) bond motifs is 1. The number of carbonyl (C=O) groups excluding carboxylic acids is 1. The third-order valence-corrected chi connectivity index (χ3v) is 3.30. The molecule has 2 aromatic rings. The van der Waals surface area contributed by atoms with Gasteiger partial charge in [0.25, 0.3) is 0 Å². The summed E-state index contributed by atoms with van der Waals surface area (Å²) in [5.41, 5.74) is 0.185. The van der Waals surface area contributed by atoms with E-state index in [4.69, 9.17) is 5.11 Å². The van der Waals surface area contributed by atoms with Gasteiger partial charge in [0, 0.05) is 5.54 Å². The molecule has 2 aromatic carbocycles. The van der Waals surface area contributed by atoms with Crippen LogP contribution in [0, 0.1) is 0 Å². The van der Waals surface area contributed by atoms with Crippen LogP contribution in [-0.4, -0.2) is 22.5 Å². The molecule has 0 heterocycles. The Morgan fingerprint density at radius 3 is 2.48 bits per heavy atom. The van der Waals surface area contributed by atoms with E-state index in [1.165, 1.54) is 0 Å². The molecular weight excluding hydrogens is 266 g/mol. The van der Waals surface area contributed by atoms with E-state index < -0.39 is 11.5 Å². The van der Waals surface area contributed by atoms with Crippen LogP contribution in [0.5, 0.6) is 0 Å². The van der Waals surface area contributed by atoms with Gasteiger partial charge in [0.15, 0.2) is 0 Å². The fraction of sp³-hybridized carbons (Fsp3) is 0.294. The Morgan fingerprint density at radius 2 is 1.76 bits per heavy atom. The zero-order valence-corrected chi connectivity index (χ0v) is 12.2. The first kappa shape index (κ1) is 15.0. The van der Waals surface area contributed by atoms with Crippen molar-refractivity contribution in [3.63, 3.8) is 0 Å². The quantitative estimate of drug-likeness (QED) is 0.887. The fourth-order valence-electron chi connectivity index (χ4n) is 2.46. The molecule has 1 amide bonds. The van der Waals surface area contributed by atoms with E-state index in [0.717, 1.165) is 16.3 Å². The maximum Gasteiger partial charge on any atom is 0.305 e. The normalized spacial score (nSPS) is 11.3. The van der Waals surface area contributed by atoms with Gasteiger partial charge >= 0.3 is 5.97 Å². The molecule has 4 nitrogen and oxygen atoms in total. The Hall–Kier alpha value is -2.36. The lowest BCUT2D eigenvalue weighted by molar-refractivity contribution is -0.138. The topological polar surface area (TPSA) is 66.4 Å². The number of amides is 1. The smallest absolute Gasteiger partial charge is 0.305 e. The van der Waals surface area contributed by atoms with E-state index in [0.29, 0.717) is 0 Å². The molecule has 2 rings (SSSR count).